The molecule has 0 aliphatic carbocycles. The van der Waals surface area contributed by atoms with E-state index in [4.69, 9.17) is 14.5 Å². The van der Waals surface area contributed by atoms with Crippen LogP contribution in [0.2, 0.25) is 0 Å². The molecule has 2 N–H and O–H groups in total. The van der Waals surface area contributed by atoms with Crippen LogP contribution in [0.4, 0.5) is 0 Å². The van der Waals surface area contributed by atoms with Gasteiger partial charge in [-0.1, -0.05) is 36.4 Å². The Labute approximate surface area is 176 Å². The highest BCUT2D eigenvalue weighted by atomic mass is 16.7. The summed E-state index contributed by atoms with van der Waals surface area (Å²) >= 11 is 0. The maximum atomic E-state index is 5.47. The molecule has 30 heavy (non-hydrogen) atoms. The average molecular weight is 406 g/mol. The summed E-state index contributed by atoms with van der Waals surface area (Å²) in [5.41, 5.74) is 2.23. The Morgan fingerprint density at radius 1 is 1.13 bits per heavy atom. The van der Waals surface area contributed by atoms with Crippen LogP contribution < -0.4 is 20.1 Å². The van der Waals surface area contributed by atoms with Crippen molar-refractivity contribution in [2.24, 2.45) is 12.0 Å². The van der Waals surface area contributed by atoms with Crippen LogP contribution in [0.25, 0.3) is 0 Å². The van der Waals surface area contributed by atoms with Gasteiger partial charge in [-0.15, -0.1) is 10.2 Å². The lowest BCUT2D eigenvalue weighted by Gasteiger charge is -2.18. The van der Waals surface area contributed by atoms with Gasteiger partial charge in [0.05, 0.1) is 19.1 Å². The van der Waals surface area contributed by atoms with E-state index in [0.29, 0.717) is 19.0 Å². The molecule has 0 spiro atoms. The molecule has 4 rings (SSSR count). The largest absolute Gasteiger partial charge is 0.454 e. The fraction of sp³-hybridized carbons (Fsp3) is 0.318. The molecule has 0 radical (unpaired) electrons. The molecule has 0 saturated heterocycles. The number of fused-ring (bicyclic) bond motifs is 1. The van der Waals surface area contributed by atoms with Crippen molar-refractivity contribution < 1.29 is 9.47 Å². The smallest absolute Gasteiger partial charge is 0.231 e. The first-order chi connectivity index (χ1) is 14.6. The molecule has 1 aliphatic heterocycles. The zero-order valence-corrected chi connectivity index (χ0v) is 17.4. The average Bonchev–Trinajstić information content (AvgIpc) is 3.37. The van der Waals surface area contributed by atoms with E-state index in [2.05, 4.69) is 39.9 Å². The van der Waals surface area contributed by atoms with E-state index in [1.807, 2.05) is 54.9 Å². The highest BCUT2D eigenvalue weighted by molar-refractivity contribution is 5.80. The van der Waals surface area contributed by atoms with Crippen LogP contribution in [0.1, 0.15) is 35.7 Å². The van der Waals surface area contributed by atoms with E-state index in [1.54, 1.807) is 0 Å². The van der Waals surface area contributed by atoms with E-state index in [1.165, 1.54) is 5.56 Å². The van der Waals surface area contributed by atoms with Crippen molar-refractivity contribution in [3.63, 3.8) is 0 Å². The molecule has 0 amide bonds. The number of aromatic nitrogens is 3. The van der Waals surface area contributed by atoms with Gasteiger partial charge in [-0.25, -0.2) is 4.99 Å². The van der Waals surface area contributed by atoms with Gasteiger partial charge in [0.1, 0.15) is 5.82 Å². The molecular formula is C22H26N6O2. The van der Waals surface area contributed by atoms with Gasteiger partial charge in [0.2, 0.25) is 6.79 Å². The molecule has 3 aromatic rings. The van der Waals surface area contributed by atoms with Gasteiger partial charge in [-0.05, 0) is 37.1 Å². The standard InChI is InChI=1S/C22H26N6O2/c1-15(18-7-5-4-6-8-18)25-22(24-13-21-27-26-16(2)28(21)3)23-12-17-9-10-19-20(11-17)30-14-29-19/h4-11,15H,12-14H2,1-3H3,(H2,23,24,25). The summed E-state index contributed by atoms with van der Waals surface area (Å²) in [6.45, 7) is 5.33. The number of nitrogens with zero attached hydrogens (tertiary/aromatic N) is 4. The van der Waals surface area contributed by atoms with Crippen LogP contribution in [-0.4, -0.2) is 27.5 Å². The molecule has 1 aromatic heterocycles. The van der Waals surface area contributed by atoms with Crippen molar-refractivity contribution in [1.82, 2.24) is 25.4 Å². The lowest BCUT2D eigenvalue weighted by molar-refractivity contribution is 0.174. The molecule has 0 saturated carbocycles. The topological polar surface area (TPSA) is 85.6 Å². The maximum absolute atomic E-state index is 5.47. The quantitative estimate of drug-likeness (QED) is 0.484. The monoisotopic (exact) mass is 406 g/mol. The second-order valence-corrected chi connectivity index (χ2v) is 7.21. The van der Waals surface area contributed by atoms with Crippen molar-refractivity contribution >= 4 is 5.96 Å². The number of guanidine groups is 1. The Morgan fingerprint density at radius 3 is 2.70 bits per heavy atom. The molecule has 156 valence electrons. The summed E-state index contributed by atoms with van der Waals surface area (Å²) in [4.78, 5) is 4.78. The second kappa shape index (κ2) is 8.86. The fourth-order valence-corrected chi connectivity index (χ4v) is 3.16. The number of benzene rings is 2. The molecule has 1 atom stereocenters. The summed E-state index contributed by atoms with van der Waals surface area (Å²) in [6, 6.07) is 16.3. The third-order valence-corrected chi connectivity index (χ3v) is 5.11. The first-order valence-corrected chi connectivity index (χ1v) is 9.93. The highest BCUT2D eigenvalue weighted by Crippen LogP contribution is 2.32. The third kappa shape index (κ3) is 4.53. The summed E-state index contributed by atoms with van der Waals surface area (Å²) in [5, 5.41) is 15.2. The van der Waals surface area contributed by atoms with Crippen LogP contribution in [0.3, 0.4) is 0 Å². The predicted octanol–water partition coefficient (Wildman–Crippen LogP) is 2.85. The van der Waals surface area contributed by atoms with Gasteiger partial charge in [0, 0.05) is 7.05 Å². The number of ether oxygens (including phenoxy) is 2. The number of nitrogens with one attached hydrogen (secondary N) is 2. The van der Waals surface area contributed by atoms with E-state index in [9.17, 15) is 0 Å². The van der Waals surface area contributed by atoms with Crippen molar-refractivity contribution in [3.8, 4) is 11.5 Å². The van der Waals surface area contributed by atoms with Gasteiger partial charge in [0.15, 0.2) is 23.3 Å². The summed E-state index contributed by atoms with van der Waals surface area (Å²) < 4.78 is 12.8. The summed E-state index contributed by atoms with van der Waals surface area (Å²) in [6.07, 6.45) is 0. The predicted molar refractivity (Wildman–Crippen MR) is 114 cm³/mol. The van der Waals surface area contributed by atoms with Crippen molar-refractivity contribution in [2.45, 2.75) is 33.0 Å². The van der Waals surface area contributed by atoms with E-state index in [-0.39, 0.29) is 12.8 Å². The Kier molecular flexibility index (Phi) is 5.83. The van der Waals surface area contributed by atoms with Gasteiger partial charge >= 0.3 is 0 Å². The minimum atomic E-state index is 0.0930. The van der Waals surface area contributed by atoms with Crippen molar-refractivity contribution in [1.29, 1.82) is 0 Å². The lowest BCUT2D eigenvalue weighted by Crippen LogP contribution is -2.39. The second-order valence-electron chi connectivity index (χ2n) is 7.21. The first-order valence-electron chi connectivity index (χ1n) is 9.93. The normalized spacial score (nSPS) is 13.9. The molecule has 2 aromatic carbocycles. The minimum Gasteiger partial charge on any atom is -0.454 e. The zero-order valence-electron chi connectivity index (χ0n) is 17.4. The van der Waals surface area contributed by atoms with Gasteiger partial charge in [-0.3, -0.25) is 0 Å². The van der Waals surface area contributed by atoms with Crippen LogP contribution in [-0.2, 0) is 20.1 Å². The minimum absolute atomic E-state index is 0.0930. The number of aryl methyl sites for hydroxylation is 1. The Bertz CT molecular complexity index is 1030. The van der Waals surface area contributed by atoms with E-state index < -0.39 is 0 Å². The number of hydrogen-bond acceptors (Lipinski definition) is 5. The maximum Gasteiger partial charge on any atom is 0.231 e. The van der Waals surface area contributed by atoms with Gasteiger partial charge < -0.3 is 24.7 Å². The van der Waals surface area contributed by atoms with Crippen LogP contribution >= 0.6 is 0 Å². The fourth-order valence-electron chi connectivity index (χ4n) is 3.16. The van der Waals surface area contributed by atoms with Gasteiger partial charge in [0.25, 0.3) is 0 Å². The van der Waals surface area contributed by atoms with Crippen LogP contribution in [0.15, 0.2) is 53.5 Å². The summed E-state index contributed by atoms with van der Waals surface area (Å²) in [7, 11) is 1.95. The van der Waals surface area contributed by atoms with Crippen LogP contribution in [0, 0.1) is 6.92 Å². The first kappa shape index (κ1) is 19.8. The van der Waals surface area contributed by atoms with Gasteiger partial charge in [-0.2, -0.15) is 0 Å². The lowest BCUT2D eigenvalue weighted by atomic mass is 10.1. The van der Waals surface area contributed by atoms with E-state index in [0.717, 1.165) is 28.7 Å². The highest BCUT2D eigenvalue weighted by Gasteiger charge is 2.14. The molecule has 1 unspecified atom stereocenters. The van der Waals surface area contributed by atoms with Crippen LogP contribution in [0.5, 0.6) is 11.5 Å². The number of aliphatic imine (C=N–C) groups is 1. The Balaban J connectivity index is 1.49. The molecule has 0 fully saturated rings. The number of hydrogen-bond donors (Lipinski definition) is 2. The Hall–Kier alpha value is -3.55. The molecule has 2 heterocycles. The molecule has 0 bridgehead atoms. The van der Waals surface area contributed by atoms with Crippen molar-refractivity contribution in [2.75, 3.05) is 6.79 Å². The van der Waals surface area contributed by atoms with Crippen molar-refractivity contribution in [3.05, 3.63) is 71.3 Å². The zero-order chi connectivity index (χ0) is 20.9. The molecule has 8 nitrogen and oxygen atoms in total. The van der Waals surface area contributed by atoms with E-state index >= 15 is 0 Å². The molecular weight excluding hydrogens is 380 g/mol. The molecule has 8 heteroatoms. The third-order valence-electron chi connectivity index (χ3n) is 5.11. The number of rotatable bonds is 6. The molecule has 1 aliphatic rings. The summed E-state index contributed by atoms with van der Waals surface area (Å²) in [5.74, 6) is 3.95. The Morgan fingerprint density at radius 2 is 1.93 bits per heavy atom. The SMILES string of the molecule is Cc1nnc(CNC(=NCc2ccc3c(c2)OCO3)NC(C)c2ccccc2)n1C.